The summed E-state index contributed by atoms with van der Waals surface area (Å²) in [5.74, 6) is -0.545. The van der Waals surface area contributed by atoms with Gasteiger partial charge in [0.25, 0.3) is 5.91 Å². The smallest absolute Gasteiger partial charge is 0.341 e. The van der Waals surface area contributed by atoms with E-state index in [9.17, 15) is 9.59 Å². The van der Waals surface area contributed by atoms with Crippen LogP contribution in [0.25, 0.3) is 6.08 Å². The van der Waals surface area contributed by atoms with Crippen LogP contribution in [0.1, 0.15) is 25.0 Å². The highest BCUT2D eigenvalue weighted by atomic mass is 32.2. The van der Waals surface area contributed by atoms with E-state index in [0.717, 1.165) is 17.7 Å². The van der Waals surface area contributed by atoms with E-state index in [0.29, 0.717) is 28.2 Å². The molecule has 3 rings (SSSR count). The van der Waals surface area contributed by atoms with E-state index in [2.05, 4.69) is 17.2 Å². The molecule has 0 saturated carbocycles. The minimum Gasteiger partial charge on any atom is -0.490 e. The molecule has 0 radical (unpaired) electrons. The highest BCUT2D eigenvalue weighted by molar-refractivity contribution is 8.18. The largest absolute Gasteiger partial charge is 0.490 e. The van der Waals surface area contributed by atoms with Gasteiger partial charge >= 0.3 is 5.97 Å². The van der Waals surface area contributed by atoms with Crippen molar-refractivity contribution >= 4 is 40.6 Å². The lowest BCUT2D eigenvalue weighted by Gasteiger charge is -2.11. The molecule has 0 bridgehead atoms. The molecule has 2 aromatic carbocycles. The maximum Gasteiger partial charge on any atom is 0.341 e. The van der Waals surface area contributed by atoms with Gasteiger partial charge in [-0.3, -0.25) is 4.79 Å². The van der Waals surface area contributed by atoms with Crippen LogP contribution in [-0.4, -0.2) is 35.4 Å². The summed E-state index contributed by atoms with van der Waals surface area (Å²) in [6.45, 7) is 3.85. The average molecular weight is 426 g/mol. The predicted octanol–water partition coefficient (Wildman–Crippen LogP) is 4.00. The van der Waals surface area contributed by atoms with Gasteiger partial charge in [-0.05, 0) is 66.6 Å². The minimum atomic E-state index is -1.07. The van der Waals surface area contributed by atoms with Gasteiger partial charge in [-0.2, -0.15) is 0 Å². The molecule has 1 saturated heterocycles. The summed E-state index contributed by atoms with van der Waals surface area (Å²) in [6, 6.07) is 12.9. The number of benzene rings is 2. The van der Waals surface area contributed by atoms with Gasteiger partial charge in [-0.1, -0.05) is 25.1 Å². The molecule has 2 aromatic rings. The van der Waals surface area contributed by atoms with Crippen molar-refractivity contribution in [3.8, 4) is 11.5 Å². The number of ether oxygens (including phenoxy) is 2. The molecule has 0 aromatic heterocycles. The van der Waals surface area contributed by atoms with Crippen LogP contribution in [0.3, 0.4) is 0 Å². The van der Waals surface area contributed by atoms with Crippen molar-refractivity contribution < 1.29 is 24.2 Å². The lowest BCUT2D eigenvalue weighted by molar-refractivity contribution is -0.139. The van der Waals surface area contributed by atoms with Crippen LogP contribution < -0.4 is 14.8 Å². The summed E-state index contributed by atoms with van der Waals surface area (Å²) in [6.07, 6.45) is 2.69. The molecule has 30 heavy (non-hydrogen) atoms. The predicted molar refractivity (Wildman–Crippen MR) is 117 cm³/mol. The van der Waals surface area contributed by atoms with Crippen LogP contribution in [-0.2, 0) is 16.0 Å². The molecule has 2 N–H and O–H groups in total. The van der Waals surface area contributed by atoms with E-state index >= 15 is 0 Å². The lowest BCUT2D eigenvalue weighted by Crippen LogP contribution is -2.19. The van der Waals surface area contributed by atoms with Crippen molar-refractivity contribution in [1.82, 2.24) is 5.32 Å². The topological polar surface area (TPSA) is 97.2 Å². The number of rotatable bonds is 8. The second kappa shape index (κ2) is 9.98. The van der Waals surface area contributed by atoms with Gasteiger partial charge in [0.1, 0.15) is 0 Å². The number of carboxylic acid groups (broad SMARTS) is 1. The zero-order valence-corrected chi connectivity index (χ0v) is 17.5. The number of hydrogen-bond acceptors (Lipinski definition) is 6. The first-order valence-electron chi connectivity index (χ1n) is 9.48. The first-order valence-corrected chi connectivity index (χ1v) is 10.3. The molecule has 0 atom stereocenters. The number of aliphatic carboxylic acids is 1. The van der Waals surface area contributed by atoms with Crippen molar-refractivity contribution in [2.24, 2.45) is 4.99 Å². The Bertz CT molecular complexity index is 999. The van der Waals surface area contributed by atoms with Crippen LogP contribution in [0.15, 0.2) is 52.4 Å². The molecule has 1 aliphatic heterocycles. The number of thioether (sulfide) groups is 1. The van der Waals surface area contributed by atoms with Gasteiger partial charge in [0.2, 0.25) is 0 Å². The Morgan fingerprint density at radius 2 is 1.90 bits per heavy atom. The third-order valence-corrected chi connectivity index (χ3v) is 5.05. The summed E-state index contributed by atoms with van der Waals surface area (Å²) < 4.78 is 10.8. The number of carbonyl (C=O) groups excluding carboxylic acids is 1. The van der Waals surface area contributed by atoms with Crippen LogP contribution in [0.4, 0.5) is 5.69 Å². The fourth-order valence-corrected chi connectivity index (χ4v) is 3.54. The lowest BCUT2D eigenvalue weighted by atomic mass is 10.2. The first-order chi connectivity index (χ1) is 14.5. The fraction of sp³-hybridized carbons (Fsp3) is 0.227. The molecule has 0 spiro atoms. The Kier molecular flexibility index (Phi) is 7.13. The van der Waals surface area contributed by atoms with Gasteiger partial charge in [0.15, 0.2) is 23.3 Å². The molecule has 0 aliphatic carbocycles. The number of nitrogens with zero attached hydrogens (tertiary/aromatic N) is 1. The molecule has 1 fully saturated rings. The van der Waals surface area contributed by atoms with E-state index in [1.165, 1.54) is 17.3 Å². The summed E-state index contributed by atoms with van der Waals surface area (Å²) in [7, 11) is 0. The molecule has 1 amide bonds. The maximum absolute atomic E-state index is 12.3. The van der Waals surface area contributed by atoms with Crippen molar-refractivity contribution in [1.29, 1.82) is 0 Å². The summed E-state index contributed by atoms with van der Waals surface area (Å²) in [5, 5.41) is 12.1. The summed E-state index contributed by atoms with van der Waals surface area (Å²) in [4.78, 5) is 28.1. The molecule has 7 nitrogen and oxygen atoms in total. The molecule has 1 heterocycles. The van der Waals surface area contributed by atoms with Gasteiger partial charge in [0.05, 0.1) is 17.2 Å². The number of nitrogens with one attached hydrogen (secondary N) is 1. The number of aliphatic imine (C=N–C) groups is 1. The molecular weight excluding hydrogens is 404 g/mol. The standard InChI is InChI=1S/C22H22N2O5S/c1-3-14-5-8-16(9-6-14)23-22-24-21(27)19(30-22)12-15-7-10-17(29-13-20(25)26)18(11-15)28-4-2/h5-12H,3-4,13H2,1-2H3,(H,25,26)(H,23,24,27)/b19-12+. The fourth-order valence-electron chi connectivity index (χ4n) is 2.70. The average Bonchev–Trinajstić information content (AvgIpc) is 3.06. The minimum absolute atomic E-state index is 0.229. The van der Waals surface area contributed by atoms with Crippen molar-refractivity contribution in [2.75, 3.05) is 13.2 Å². The van der Waals surface area contributed by atoms with Crippen LogP contribution in [0.5, 0.6) is 11.5 Å². The number of amides is 1. The van der Waals surface area contributed by atoms with Gasteiger partial charge in [0, 0.05) is 0 Å². The van der Waals surface area contributed by atoms with E-state index in [-0.39, 0.29) is 5.91 Å². The third kappa shape index (κ3) is 5.64. The number of aryl methyl sites for hydroxylation is 1. The van der Waals surface area contributed by atoms with E-state index in [4.69, 9.17) is 14.6 Å². The van der Waals surface area contributed by atoms with Crippen molar-refractivity contribution in [3.63, 3.8) is 0 Å². The molecule has 1 aliphatic rings. The molecule has 8 heteroatoms. The Labute approximate surface area is 178 Å². The zero-order chi connectivity index (χ0) is 21.5. The SMILES string of the molecule is CCOc1cc(/C=C2/SC(=Nc3ccc(CC)cc3)NC2=O)ccc1OCC(=O)O. The van der Waals surface area contributed by atoms with Gasteiger partial charge in [-0.15, -0.1) is 0 Å². The van der Waals surface area contributed by atoms with Crippen LogP contribution in [0, 0.1) is 0 Å². The number of carbonyl (C=O) groups is 2. The normalized spacial score (nSPS) is 16.0. The maximum atomic E-state index is 12.3. The quantitative estimate of drug-likeness (QED) is 0.619. The summed E-state index contributed by atoms with van der Waals surface area (Å²) >= 11 is 1.26. The van der Waals surface area contributed by atoms with Crippen molar-refractivity contribution in [3.05, 3.63) is 58.5 Å². The Balaban J connectivity index is 1.78. The van der Waals surface area contributed by atoms with Crippen LogP contribution >= 0.6 is 11.8 Å². The third-order valence-electron chi connectivity index (χ3n) is 4.14. The van der Waals surface area contributed by atoms with Gasteiger partial charge < -0.3 is 19.9 Å². The Hall–Kier alpha value is -3.26. The molecular formula is C22H22N2O5S. The second-order valence-electron chi connectivity index (χ2n) is 6.32. The summed E-state index contributed by atoms with van der Waals surface area (Å²) in [5.41, 5.74) is 2.73. The second-order valence-corrected chi connectivity index (χ2v) is 7.35. The zero-order valence-electron chi connectivity index (χ0n) is 16.7. The molecule has 156 valence electrons. The van der Waals surface area contributed by atoms with Crippen molar-refractivity contribution in [2.45, 2.75) is 20.3 Å². The Morgan fingerprint density at radius 3 is 2.57 bits per heavy atom. The van der Waals surface area contributed by atoms with Crippen LogP contribution in [0.2, 0.25) is 0 Å². The number of carboxylic acids is 1. The van der Waals surface area contributed by atoms with E-state index < -0.39 is 12.6 Å². The monoisotopic (exact) mass is 426 g/mol. The van der Waals surface area contributed by atoms with E-state index in [1.54, 1.807) is 24.3 Å². The van der Waals surface area contributed by atoms with Gasteiger partial charge in [-0.25, -0.2) is 9.79 Å². The van der Waals surface area contributed by atoms with E-state index in [1.807, 2.05) is 31.2 Å². The number of hydrogen-bond donors (Lipinski definition) is 2. The highest BCUT2D eigenvalue weighted by Crippen LogP contribution is 2.32. The first kappa shape index (κ1) is 21.4. The number of amidine groups is 1. The highest BCUT2D eigenvalue weighted by Gasteiger charge is 2.24. The Morgan fingerprint density at radius 1 is 1.13 bits per heavy atom. The molecule has 0 unspecified atom stereocenters.